The van der Waals surface area contributed by atoms with Gasteiger partial charge in [-0.1, -0.05) is 12.1 Å². The zero-order chi connectivity index (χ0) is 20.4. The van der Waals surface area contributed by atoms with Gasteiger partial charge in [-0.3, -0.25) is 9.48 Å². The molecule has 2 aromatic heterocycles. The van der Waals surface area contributed by atoms with Crippen molar-refractivity contribution in [3.05, 3.63) is 54.0 Å². The quantitative estimate of drug-likeness (QED) is 0.697. The van der Waals surface area contributed by atoms with Gasteiger partial charge in [0.2, 0.25) is 5.95 Å². The van der Waals surface area contributed by atoms with Gasteiger partial charge in [0.1, 0.15) is 0 Å². The van der Waals surface area contributed by atoms with Crippen LogP contribution in [0.5, 0.6) is 0 Å². The van der Waals surface area contributed by atoms with Gasteiger partial charge in [0.25, 0.3) is 5.91 Å². The van der Waals surface area contributed by atoms with E-state index in [4.69, 9.17) is 5.26 Å². The first-order chi connectivity index (χ1) is 14.0. The maximum atomic E-state index is 12.4. The molecule has 1 aliphatic carbocycles. The summed E-state index contributed by atoms with van der Waals surface area (Å²) in [6.45, 7) is 1.95. The van der Waals surface area contributed by atoms with Gasteiger partial charge in [0.15, 0.2) is 0 Å². The molecule has 3 aromatic rings. The van der Waals surface area contributed by atoms with E-state index in [1.54, 1.807) is 29.2 Å². The second-order valence-corrected chi connectivity index (χ2v) is 7.30. The molecule has 0 aliphatic heterocycles. The first-order valence-corrected chi connectivity index (χ1v) is 9.42. The summed E-state index contributed by atoms with van der Waals surface area (Å²) in [6, 6.07) is 9.67. The Labute approximate surface area is 168 Å². The summed E-state index contributed by atoms with van der Waals surface area (Å²) in [5, 5.41) is 19.1. The van der Waals surface area contributed by atoms with E-state index >= 15 is 0 Å². The molecule has 1 saturated carbocycles. The average molecular weight is 387 g/mol. The Kier molecular flexibility index (Phi) is 4.96. The van der Waals surface area contributed by atoms with E-state index < -0.39 is 0 Å². The number of anilines is 2. The van der Waals surface area contributed by atoms with Gasteiger partial charge in [-0.15, -0.1) is 0 Å². The minimum absolute atomic E-state index is 0.0675. The molecule has 0 bridgehead atoms. The average Bonchev–Trinajstić information content (AvgIpc) is 3.10. The SMILES string of the molecule is Cc1cnc(Nc2cnn(C)c2)nc1-c1ccc(C(=O)NC2CC(C#N)C2)cc1. The van der Waals surface area contributed by atoms with Crippen molar-refractivity contribution in [2.75, 3.05) is 5.32 Å². The van der Waals surface area contributed by atoms with Gasteiger partial charge >= 0.3 is 0 Å². The third kappa shape index (κ3) is 4.09. The Balaban J connectivity index is 1.47. The maximum Gasteiger partial charge on any atom is 0.251 e. The zero-order valence-electron chi connectivity index (χ0n) is 16.3. The van der Waals surface area contributed by atoms with Crippen LogP contribution in [0.25, 0.3) is 11.3 Å². The fourth-order valence-corrected chi connectivity index (χ4v) is 3.30. The predicted octanol–water partition coefficient (Wildman–Crippen LogP) is 2.96. The van der Waals surface area contributed by atoms with Crippen LogP contribution in [0.1, 0.15) is 28.8 Å². The van der Waals surface area contributed by atoms with Gasteiger partial charge in [0, 0.05) is 36.6 Å². The number of amides is 1. The molecule has 1 aliphatic rings. The predicted molar refractivity (Wildman–Crippen MR) is 108 cm³/mol. The second kappa shape index (κ2) is 7.72. The monoisotopic (exact) mass is 387 g/mol. The lowest BCUT2D eigenvalue weighted by atomic mass is 9.81. The minimum Gasteiger partial charge on any atom is -0.349 e. The summed E-state index contributed by atoms with van der Waals surface area (Å²) >= 11 is 0. The van der Waals surface area contributed by atoms with Crippen LogP contribution >= 0.6 is 0 Å². The van der Waals surface area contributed by atoms with Crippen LogP contribution in [0, 0.1) is 24.2 Å². The number of aryl methyl sites for hydroxylation is 2. The topological polar surface area (TPSA) is 109 Å². The molecule has 4 rings (SSSR count). The number of rotatable bonds is 5. The lowest BCUT2D eigenvalue weighted by molar-refractivity contribution is 0.0904. The van der Waals surface area contributed by atoms with E-state index in [0.717, 1.165) is 35.3 Å². The molecular weight excluding hydrogens is 366 g/mol. The summed E-state index contributed by atoms with van der Waals surface area (Å²) < 4.78 is 1.70. The highest BCUT2D eigenvalue weighted by molar-refractivity contribution is 5.95. The smallest absolute Gasteiger partial charge is 0.251 e. The highest BCUT2D eigenvalue weighted by Crippen LogP contribution is 2.27. The highest BCUT2D eigenvalue weighted by Gasteiger charge is 2.30. The van der Waals surface area contributed by atoms with Crippen LogP contribution in [-0.2, 0) is 7.05 Å². The maximum absolute atomic E-state index is 12.4. The van der Waals surface area contributed by atoms with Crippen molar-refractivity contribution < 1.29 is 4.79 Å². The number of hydrogen-bond acceptors (Lipinski definition) is 6. The molecule has 1 fully saturated rings. The van der Waals surface area contributed by atoms with Crippen LogP contribution in [0.4, 0.5) is 11.6 Å². The number of nitrogens with one attached hydrogen (secondary N) is 2. The Morgan fingerprint density at radius 2 is 2.00 bits per heavy atom. The van der Waals surface area contributed by atoms with E-state index in [2.05, 4.69) is 31.8 Å². The Hall–Kier alpha value is -3.73. The lowest BCUT2D eigenvalue weighted by Gasteiger charge is -2.31. The van der Waals surface area contributed by atoms with Crippen molar-refractivity contribution in [3.8, 4) is 17.3 Å². The number of carbonyl (C=O) groups excluding carboxylic acids is 1. The van der Waals surface area contributed by atoms with E-state index in [1.807, 2.05) is 32.3 Å². The third-order valence-electron chi connectivity index (χ3n) is 5.01. The van der Waals surface area contributed by atoms with Gasteiger partial charge < -0.3 is 10.6 Å². The van der Waals surface area contributed by atoms with Crippen molar-refractivity contribution in [2.45, 2.75) is 25.8 Å². The Bertz CT molecular complexity index is 1080. The van der Waals surface area contributed by atoms with Crippen LogP contribution in [0.3, 0.4) is 0 Å². The fraction of sp³-hybridized carbons (Fsp3) is 0.286. The van der Waals surface area contributed by atoms with Crippen molar-refractivity contribution >= 4 is 17.5 Å². The summed E-state index contributed by atoms with van der Waals surface area (Å²) in [6.07, 6.45) is 6.78. The summed E-state index contributed by atoms with van der Waals surface area (Å²) in [7, 11) is 1.84. The summed E-state index contributed by atoms with van der Waals surface area (Å²) in [5.74, 6) is 0.437. The molecule has 8 nitrogen and oxygen atoms in total. The van der Waals surface area contributed by atoms with Crippen molar-refractivity contribution in [1.82, 2.24) is 25.1 Å². The first kappa shape index (κ1) is 18.6. The van der Waals surface area contributed by atoms with Crippen molar-refractivity contribution in [1.29, 1.82) is 5.26 Å². The number of nitriles is 1. The van der Waals surface area contributed by atoms with E-state index in [-0.39, 0.29) is 17.9 Å². The van der Waals surface area contributed by atoms with Gasteiger partial charge in [-0.05, 0) is 37.5 Å². The molecule has 146 valence electrons. The molecule has 0 radical (unpaired) electrons. The van der Waals surface area contributed by atoms with Crippen LogP contribution in [0.15, 0.2) is 42.9 Å². The third-order valence-corrected chi connectivity index (χ3v) is 5.01. The molecule has 0 spiro atoms. The number of aromatic nitrogens is 4. The Morgan fingerprint density at radius 3 is 2.66 bits per heavy atom. The molecule has 2 N–H and O–H groups in total. The molecule has 0 atom stereocenters. The van der Waals surface area contributed by atoms with E-state index in [1.165, 1.54) is 0 Å². The van der Waals surface area contributed by atoms with Crippen LogP contribution in [0.2, 0.25) is 0 Å². The zero-order valence-corrected chi connectivity index (χ0v) is 16.3. The Morgan fingerprint density at radius 1 is 1.24 bits per heavy atom. The second-order valence-electron chi connectivity index (χ2n) is 7.30. The number of benzene rings is 1. The van der Waals surface area contributed by atoms with Crippen LogP contribution < -0.4 is 10.6 Å². The highest BCUT2D eigenvalue weighted by atomic mass is 16.1. The van der Waals surface area contributed by atoms with Gasteiger partial charge in [-0.2, -0.15) is 10.4 Å². The number of carbonyl (C=O) groups is 1. The number of nitrogens with zero attached hydrogens (tertiary/aromatic N) is 5. The molecule has 0 saturated heterocycles. The largest absolute Gasteiger partial charge is 0.349 e. The standard InChI is InChI=1S/C21H21N7O/c1-13-10-23-21(26-18-11-24-28(2)12-18)27-19(13)15-3-5-16(6-4-15)20(29)25-17-7-14(8-17)9-22/h3-6,10-12,14,17H,7-8H2,1-2H3,(H,25,29)(H,23,26,27). The van der Waals surface area contributed by atoms with Gasteiger partial charge in [-0.25, -0.2) is 9.97 Å². The molecule has 8 heteroatoms. The van der Waals surface area contributed by atoms with Gasteiger partial charge in [0.05, 0.1) is 29.6 Å². The van der Waals surface area contributed by atoms with Crippen molar-refractivity contribution in [2.24, 2.45) is 13.0 Å². The molecule has 1 aromatic carbocycles. The molecule has 29 heavy (non-hydrogen) atoms. The summed E-state index contributed by atoms with van der Waals surface area (Å²) in [4.78, 5) is 21.3. The minimum atomic E-state index is -0.115. The molecule has 1 amide bonds. The normalized spacial score (nSPS) is 17.8. The fourth-order valence-electron chi connectivity index (χ4n) is 3.30. The van der Waals surface area contributed by atoms with E-state index in [0.29, 0.717) is 11.5 Å². The molecule has 2 heterocycles. The van der Waals surface area contributed by atoms with E-state index in [9.17, 15) is 4.79 Å². The van der Waals surface area contributed by atoms with Crippen molar-refractivity contribution in [3.63, 3.8) is 0 Å². The number of hydrogen-bond donors (Lipinski definition) is 2. The molecular formula is C21H21N7O. The molecule has 0 unspecified atom stereocenters. The van der Waals surface area contributed by atoms with Crippen LogP contribution in [-0.4, -0.2) is 31.7 Å². The lowest BCUT2D eigenvalue weighted by Crippen LogP contribution is -2.43. The summed E-state index contributed by atoms with van der Waals surface area (Å²) in [5.41, 5.74) is 4.05. The first-order valence-electron chi connectivity index (χ1n) is 9.42.